The minimum absolute atomic E-state index is 0.362. The zero-order valence-corrected chi connectivity index (χ0v) is 11.4. The smallest absolute Gasteiger partial charge is 0.130 e. The molecule has 1 heterocycles. The molecule has 1 aromatic carbocycles. The van der Waals surface area contributed by atoms with E-state index in [0.717, 1.165) is 25.9 Å². The summed E-state index contributed by atoms with van der Waals surface area (Å²) in [6, 6.07) is 4.50. The molecule has 2 nitrogen and oxygen atoms in total. The van der Waals surface area contributed by atoms with E-state index in [1.165, 1.54) is 6.07 Å². The van der Waals surface area contributed by atoms with Gasteiger partial charge in [0, 0.05) is 23.7 Å². The number of β-amino-alcohol motifs (C(OH)–C–C–N with tert-alkyl or cyclic N) is 1. The minimum atomic E-state index is -1.07. The molecule has 1 atom stereocenters. The van der Waals surface area contributed by atoms with Crippen molar-refractivity contribution < 1.29 is 9.50 Å². The van der Waals surface area contributed by atoms with Gasteiger partial charge < -0.3 is 10.0 Å². The van der Waals surface area contributed by atoms with E-state index in [1.807, 2.05) is 0 Å². The van der Waals surface area contributed by atoms with E-state index in [0.29, 0.717) is 23.6 Å². The minimum Gasteiger partial charge on any atom is -0.384 e. The maximum atomic E-state index is 13.9. The molecule has 1 saturated heterocycles. The second kappa shape index (κ2) is 5.55. The summed E-state index contributed by atoms with van der Waals surface area (Å²) in [5.41, 5.74) is -0.700. The second-order valence-corrected chi connectivity index (χ2v) is 5.47. The van der Waals surface area contributed by atoms with Crippen molar-refractivity contribution in [2.75, 3.05) is 19.6 Å². The van der Waals surface area contributed by atoms with Gasteiger partial charge in [0.2, 0.25) is 0 Å². The van der Waals surface area contributed by atoms with Crippen LogP contribution in [0, 0.1) is 5.82 Å². The number of unbranched alkanes of at least 4 members (excludes halogenated alkanes) is 1. The molecule has 0 aliphatic carbocycles. The van der Waals surface area contributed by atoms with Gasteiger partial charge in [-0.15, -0.1) is 0 Å². The van der Waals surface area contributed by atoms with E-state index in [2.05, 4.69) is 11.8 Å². The molecule has 0 saturated carbocycles. The lowest BCUT2D eigenvalue weighted by atomic mass is 9.92. The Labute approximate surface area is 112 Å². The van der Waals surface area contributed by atoms with Gasteiger partial charge in [-0.25, -0.2) is 4.39 Å². The number of rotatable bonds is 4. The largest absolute Gasteiger partial charge is 0.384 e. The van der Waals surface area contributed by atoms with Crippen LogP contribution in [0.3, 0.4) is 0 Å². The number of likely N-dealkylation sites (tertiary alicyclic amines) is 1. The summed E-state index contributed by atoms with van der Waals surface area (Å²) < 4.78 is 13.9. The fourth-order valence-corrected chi connectivity index (χ4v) is 2.69. The summed E-state index contributed by atoms with van der Waals surface area (Å²) in [5.74, 6) is -0.414. The van der Waals surface area contributed by atoms with E-state index in [-0.39, 0.29) is 0 Å². The number of nitrogens with zero attached hydrogens (tertiary/aromatic N) is 1. The summed E-state index contributed by atoms with van der Waals surface area (Å²) in [5, 5.41) is 10.9. The molecule has 1 unspecified atom stereocenters. The van der Waals surface area contributed by atoms with Crippen molar-refractivity contribution in [2.45, 2.75) is 31.8 Å². The third-order valence-electron chi connectivity index (χ3n) is 3.59. The lowest BCUT2D eigenvalue weighted by Gasteiger charge is -2.24. The highest BCUT2D eigenvalue weighted by molar-refractivity contribution is 6.30. The van der Waals surface area contributed by atoms with Crippen LogP contribution >= 0.6 is 11.6 Å². The number of aliphatic hydroxyl groups is 1. The van der Waals surface area contributed by atoms with Crippen molar-refractivity contribution >= 4 is 11.6 Å². The molecule has 0 bridgehead atoms. The van der Waals surface area contributed by atoms with E-state index in [9.17, 15) is 9.50 Å². The molecule has 0 amide bonds. The molecular formula is C14H19ClFNO. The van der Waals surface area contributed by atoms with Gasteiger partial charge in [0.15, 0.2) is 0 Å². The lowest BCUT2D eigenvalue weighted by molar-refractivity contribution is 0.0424. The van der Waals surface area contributed by atoms with Gasteiger partial charge in [-0.3, -0.25) is 0 Å². The molecule has 1 aliphatic rings. The second-order valence-electron chi connectivity index (χ2n) is 5.04. The zero-order chi connectivity index (χ0) is 13.2. The summed E-state index contributed by atoms with van der Waals surface area (Å²) in [4.78, 5) is 2.19. The third kappa shape index (κ3) is 2.85. The molecule has 0 radical (unpaired) electrons. The highest BCUT2D eigenvalue weighted by Crippen LogP contribution is 2.34. The first-order valence-corrected chi connectivity index (χ1v) is 6.83. The predicted octanol–water partition coefficient (Wildman–Crippen LogP) is 3.17. The SMILES string of the molecule is CCCCN1CCC(O)(c2ccc(Cl)cc2F)C1. The standard InChI is InChI=1S/C14H19ClFNO/c1-2-3-7-17-8-6-14(18,10-17)12-5-4-11(15)9-13(12)16/h4-5,9,18H,2-3,6-8,10H2,1H3. The molecular weight excluding hydrogens is 253 g/mol. The Bertz CT molecular complexity index is 426. The lowest BCUT2D eigenvalue weighted by Crippen LogP contribution is -2.32. The molecule has 100 valence electrons. The molecule has 1 aromatic rings. The van der Waals surface area contributed by atoms with Crippen LogP contribution in [0.5, 0.6) is 0 Å². The Kier molecular flexibility index (Phi) is 4.25. The predicted molar refractivity (Wildman–Crippen MR) is 71.3 cm³/mol. The molecule has 1 N–H and O–H groups in total. The van der Waals surface area contributed by atoms with Gasteiger partial charge in [-0.2, -0.15) is 0 Å². The van der Waals surface area contributed by atoms with Crippen LogP contribution in [-0.2, 0) is 5.60 Å². The maximum absolute atomic E-state index is 13.9. The van der Waals surface area contributed by atoms with Crippen LogP contribution in [0.15, 0.2) is 18.2 Å². The van der Waals surface area contributed by atoms with E-state index in [4.69, 9.17) is 11.6 Å². The Morgan fingerprint density at radius 2 is 2.28 bits per heavy atom. The first kappa shape index (κ1) is 13.8. The van der Waals surface area contributed by atoms with Gasteiger partial charge in [0.05, 0.1) is 0 Å². The third-order valence-corrected chi connectivity index (χ3v) is 3.82. The molecule has 18 heavy (non-hydrogen) atoms. The fourth-order valence-electron chi connectivity index (χ4n) is 2.53. The quantitative estimate of drug-likeness (QED) is 0.909. The van der Waals surface area contributed by atoms with Crippen LogP contribution in [-0.4, -0.2) is 29.6 Å². The Morgan fingerprint density at radius 1 is 1.50 bits per heavy atom. The van der Waals surface area contributed by atoms with Crippen LogP contribution in [0.1, 0.15) is 31.7 Å². The summed E-state index contributed by atoms with van der Waals surface area (Å²) >= 11 is 5.73. The molecule has 0 aromatic heterocycles. The van der Waals surface area contributed by atoms with Crippen LogP contribution in [0.4, 0.5) is 4.39 Å². The van der Waals surface area contributed by atoms with Gasteiger partial charge in [0.1, 0.15) is 11.4 Å². The first-order valence-electron chi connectivity index (χ1n) is 6.45. The highest BCUT2D eigenvalue weighted by Gasteiger charge is 2.39. The normalized spacial score (nSPS) is 24.7. The molecule has 4 heteroatoms. The Hall–Kier alpha value is -0.640. The van der Waals surface area contributed by atoms with Gasteiger partial charge in [0.25, 0.3) is 0 Å². The van der Waals surface area contributed by atoms with E-state index in [1.54, 1.807) is 12.1 Å². The topological polar surface area (TPSA) is 23.5 Å². The first-order chi connectivity index (χ1) is 8.55. The van der Waals surface area contributed by atoms with Crippen molar-refractivity contribution in [3.05, 3.63) is 34.6 Å². The van der Waals surface area contributed by atoms with E-state index >= 15 is 0 Å². The van der Waals surface area contributed by atoms with Crippen molar-refractivity contribution in [3.8, 4) is 0 Å². The number of hydrogen-bond donors (Lipinski definition) is 1. The van der Waals surface area contributed by atoms with Crippen molar-refractivity contribution in [3.63, 3.8) is 0 Å². The zero-order valence-electron chi connectivity index (χ0n) is 10.6. The summed E-state index contributed by atoms with van der Waals surface area (Å²) in [6.07, 6.45) is 2.82. The van der Waals surface area contributed by atoms with Crippen molar-refractivity contribution in [1.29, 1.82) is 0 Å². The monoisotopic (exact) mass is 271 g/mol. The Balaban J connectivity index is 2.12. The van der Waals surface area contributed by atoms with Crippen molar-refractivity contribution in [1.82, 2.24) is 4.90 Å². The number of benzene rings is 1. The fraction of sp³-hybridized carbons (Fsp3) is 0.571. The van der Waals surface area contributed by atoms with Crippen molar-refractivity contribution in [2.24, 2.45) is 0 Å². The Morgan fingerprint density at radius 3 is 2.94 bits per heavy atom. The van der Waals surface area contributed by atoms with Gasteiger partial charge >= 0.3 is 0 Å². The van der Waals surface area contributed by atoms with Crippen LogP contribution < -0.4 is 0 Å². The van der Waals surface area contributed by atoms with Crippen LogP contribution in [0.2, 0.25) is 5.02 Å². The average molecular weight is 272 g/mol. The highest BCUT2D eigenvalue weighted by atomic mass is 35.5. The van der Waals surface area contributed by atoms with E-state index < -0.39 is 11.4 Å². The molecule has 1 fully saturated rings. The molecule has 2 rings (SSSR count). The van der Waals surface area contributed by atoms with Crippen LogP contribution in [0.25, 0.3) is 0 Å². The van der Waals surface area contributed by atoms with Gasteiger partial charge in [-0.05, 0) is 31.5 Å². The van der Waals surface area contributed by atoms with Gasteiger partial charge in [-0.1, -0.05) is 31.0 Å². The molecule has 0 spiro atoms. The summed E-state index contributed by atoms with van der Waals surface area (Å²) in [6.45, 7) is 4.43. The summed E-state index contributed by atoms with van der Waals surface area (Å²) in [7, 11) is 0. The number of hydrogen-bond acceptors (Lipinski definition) is 2. The average Bonchev–Trinajstić information content (AvgIpc) is 2.69. The molecule has 1 aliphatic heterocycles. The number of halogens is 2. The maximum Gasteiger partial charge on any atom is 0.130 e.